The number of nitrogens with one attached hydrogen (secondary N) is 1. The van der Waals surface area contributed by atoms with E-state index in [9.17, 15) is 9.59 Å². The van der Waals surface area contributed by atoms with Crippen LogP contribution >= 0.6 is 0 Å². The molecule has 7 nitrogen and oxygen atoms in total. The van der Waals surface area contributed by atoms with E-state index in [0.29, 0.717) is 5.82 Å². The number of aryl methyl sites for hydroxylation is 1. The molecule has 2 rings (SSSR count). The highest BCUT2D eigenvalue weighted by molar-refractivity contribution is 5.94. The van der Waals surface area contributed by atoms with Crippen LogP contribution in [-0.4, -0.2) is 32.7 Å². The van der Waals surface area contributed by atoms with E-state index in [2.05, 4.69) is 19.8 Å². The summed E-state index contributed by atoms with van der Waals surface area (Å²) in [6.07, 6.45) is 1.30. The Morgan fingerprint density at radius 2 is 2.33 bits per heavy atom. The smallest absolute Gasteiger partial charge is 0.359 e. The van der Waals surface area contributed by atoms with Crippen molar-refractivity contribution in [3.05, 3.63) is 28.2 Å². The minimum atomic E-state index is -0.659. The number of rotatable bonds is 1. The van der Waals surface area contributed by atoms with Crippen LogP contribution in [0.3, 0.4) is 0 Å². The maximum Gasteiger partial charge on any atom is 0.359 e. The summed E-state index contributed by atoms with van der Waals surface area (Å²) in [4.78, 5) is 29.0. The monoisotopic (exact) mass is 208 g/mol. The highest BCUT2D eigenvalue weighted by atomic mass is 16.5. The van der Waals surface area contributed by atoms with E-state index >= 15 is 0 Å². The molecule has 0 atom stereocenters. The van der Waals surface area contributed by atoms with Crippen LogP contribution in [0.2, 0.25) is 0 Å². The van der Waals surface area contributed by atoms with Gasteiger partial charge >= 0.3 is 5.97 Å². The van der Waals surface area contributed by atoms with E-state index in [0.717, 1.165) is 0 Å². The molecule has 0 saturated heterocycles. The van der Waals surface area contributed by atoms with Crippen molar-refractivity contribution in [1.29, 1.82) is 0 Å². The SMILES string of the molecule is COC(=O)c1ncn2nc(C)[nH]c(=O)c12. The van der Waals surface area contributed by atoms with Crippen LogP contribution < -0.4 is 5.56 Å². The molecular weight excluding hydrogens is 200 g/mol. The van der Waals surface area contributed by atoms with E-state index in [4.69, 9.17) is 0 Å². The number of fused-ring (bicyclic) bond motifs is 1. The normalized spacial score (nSPS) is 10.5. The highest BCUT2D eigenvalue weighted by Gasteiger charge is 2.17. The molecule has 0 aliphatic rings. The number of hydrogen-bond donors (Lipinski definition) is 1. The molecule has 78 valence electrons. The molecular formula is C8H8N4O3. The lowest BCUT2D eigenvalue weighted by molar-refractivity contribution is 0.0597. The predicted molar refractivity (Wildman–Crippen MR) is 49.7 cm³/mol. The van der Waals surface area contributed by atoms with Gasteiger partial charge in [0, 0.05) is 0 Å². The molecule has 0 amide bonds. The van der Waals surface area contributed by atoms with Gasteiger partial charge in [0.05, 0.1) is 7.11 Å². The predicted octanol–water partition coefficient (Wildman–Crippen LogP) is -0.487. The van der Waals surface area contributed by atoms with Crippen molar-refractivity contribution in [3.63, 3.8) is 0 Å². The molecule has 0 saturated carbocycles. The minimum absolute atomic E-state index is 0.0359. The van der Waals surface area contributed by atoms with Crippen LogP contribution in [0.25, 0.3) is 5.52 Å². The lowest BCUT2D eigenvalue weighted by Gasteiger charge is -1.96. The summed E-state index contributed by atoms with van der Waals surface area (Å²) < 4.78 is 5.74. The lowest BCUT2D eigenvalue weighted by Crippen LogP contribution is -2.16. The van der Waals surface area contributed by atoms with Crippen molar-refractivity contribution >= 4 is 11.5 Å². The van der Waals surface area contributed by atoms with Crippen molar-refractivity contribution in [2.75, 3.05) is 7.11 Å². The van der Waals surface area contributed by atoms with Crippen molar-refractivity contribution in [2.45, 2.75) is 6.92 Å². The van der Waals surface area contributed by atoms with Gasteiger partial charge in [-0.15, -0.1) is 0 Å². The molecule has 0 unspecified atom stereocenters. The zero-order chi connectivity index (χ0) is 11.0. The van der Waals surface area contributed by atoms with E-state index in [-0.39, 0.29) is 11.2 Å². The van der Waals surface area contributed by atoms with Gasteiger partial charge in [0.2, 0.25) is 0 Å². The summed E-state index contributed by atoms with van der Waals surface area (Å²) in [6.45, 7) is 1.64. The first-order valence-electron chi connectivity index (χ1n) is 4.16. The van der Waals surface area contributed by atoms with Crippen molar-refractivity contribution in [1.82, 2.24) is 19.6 Å². The van der Waals surface area contributed by atoms with E-state index in [1.807, 2.05) is 0 Å². The van der Waals surface area contributed by atoms with Crippen molar-refractivity contribution in [2.24, 2.45) is 0 Å². The fraction of sp³-hybridized carbons (Fsp3) is 0.250. The van der Waals surface area contributed by atoms with Crippen LogP contribution in [0, 0.1) is 6.92 Å². The summed E-state index contributed by atoms with van der Waals surface area (Å²) >= 11 is 0. The number of aromatic nitrogens is 4. The molecule has 2 aromatic rings. The molecule has 0 spiro atoms. The number of hydrogen-bond acceptors (Lipinski definition) is 5. The molecule has 0 radical (unpaired) electrons. The maximum atomic E-state index is 11.5. The Bertz CT molecular complexity index is 583. The maximum absolute atomic E-state index is 11.5. The first kappa shape index (κ1) is 9.38. The quantitative estimate of drug-likeness (QED) is 0.639. The van der Waals surface area contributed by atoms with Gasteiger partial charge in [-0.05, 0) is 6.92 Å². The molecule has 0 aliphatic heterocycles. The number of methoxy groups -OCH3 is 1. The van der Waals surface area contributed by atoms with E-state index in [1.54, 1.807) is 6.92 Å². The number of H-pyrrole nitrogens is 1. The number of imidazole rings is 1. The lowest BCUT2D eigenvalue weighted by atomic mass is 10.4. The Morgan fingerprint density at radius 1 is 1.60 bits per heavy atom. The third-order valence-corrected chi connectivity index (χ3v) is 1.90. The first-order chi connectivity index (χ1) is 7.13. The number of esters is 1. The number of carbonyl (C=O) groups excluding carboxylic acids is 1. The number of aromatic amines is 1. The Morgan fingerprint density at radius 3 is 3.00 bits per heavy atom. The molecule has 0 aromatic carbocycles. The van der Waals surface area contributed by atoms with Gasteiger partial charge in [0.15, 0.2) is 11.2 Å². The largest absolute Gasteiger partial charge is 0.464 e. The summed E-state index contributed by atoms with van der Waals surface area (Å²) in [6, 6.07) is 0. The third-order valence-electron chi connectivity index (χ3n) is 1.90. The van der Waals surface area contributed by atoms with Gasteiger partial charge < -0.3 is 9.72 Å². The summed E-state index contributed by atoms with van der Waals surface area (Å²) in [5, 5.41) is 3.96. The number of nitrogens with zero attached hydrogens (tertiary/aromatic N) is 3. The average molecular weight is 208 g/mol. The van der Waals surface area contributed by atoms with Gasteiger partial charge in [-0.2, -0.15) is 5.10 Å². The molecule has 0 bridgehead atoms. The fourth-order valence-electron chi connectivity index (χ4n) is 1.28. The molecule has 0 aliphatic carbocycles. The average Bonchev–Trinajstić information content (AvgIpc) is 2.60. The van der Waals surface area contributed by atoms with Crippen LogP contribution in [0.5, 0.6) is 0 Å². The summed E-state index contributed by atoms with van der Waals surface area (Å²) in [5.74, 6) is -0.213. The van der Waals surface area contributed by atoms with E-state index < -0.39 is 11.5 Å². The topological polar surface area (TPSA) is 89.3 Å². The van der Waals surface area contributed by atoms with Gasteiger partial charge in [-0.1, -0.05) is 0 Å². The molecule has 1 N–H and O–H groups in total. The molecule has 7 heteroatoms. The van der Waals surface area contributed by atoms with Gasteiger partial charge in [0.1, 0.15) is 12.2 Å². The van der Waals surface area contributed by atoms with Crippen molar-refractivity contribution in [3.8, 4) is 0 Å². The zero-order valence-corrected chi connectivity index (χ0v) is 8.14. The summed E-state index contributed by atoms with van der Waals surface area (Å²) in [5.41, 5.74) is -0.362. The van der Waals surface area contributed by atoms with Gasteiger partial charge in [0.25, 0.3) is 5.56 Å². The molecule has 0 fully saturated rings. The van der Waals surface area contributed by atoms with Gasteiger partial charge in [-0.3, -0.25) is 4.79 Å². The zero-order valence-electron chi connectivity index (χ0n) is 8.14. The Kier molecular flexibility index (Phi) is 2.00. The van der Waals surface area contributed by atoms with Crippen LogP contribution in [0.15, 0.2) is 11.1 Å². The standard InChI is InChI=1S/C8H8N4O3/c1-4-10-7(13)6-5(8(14)15-2)9-3-12(6)11-4/h3H,1-2H3,(H,10,11,13). The number of ether oxygens (including phenoxy) is 1. The summed E-state index contributed by atoms with van der Waals surface area (Å²) in [7, 11) is 1.23. The first-order valence-corrected chi connectivity index (χ1v) is 4.16. The van der Waals surface area contributed by atoms with Crippen molar-refractivity contribution < 1.29 is 9.53 Å². The number of carbonyl (C=O) groups is 1. The van der Waals surface area contributed by atoms with Crippen LogP contribution in [0.1, 0.15) is 16.3 Å². The Hall–Kier alpha value is -2.18. The van der Waals surface area contributed by atoms with Crippen LogP contribution in [0.4, 0.5) is 0 Å². The fourth-order valence-corrected chi connectivity index (χ4v) is 1.28. The third kappa shape index (κ3) is 1.37. The molecule has 15 heavy (non-hydrogen) atoms. The molecule has 2 aromatic heterocycles. The minimum Gasteiger partial charge on any atom is -0.464 e. The second-order valence-corrected chi connectivity index (χ2v) is 2.92. The highest BCUT2D eigenvalue weighted by Crippen LogP contribution is 2.03. The second kappa shape index (κ2) is 3.19. The second-order valence-electron chi connectivity index (χ2n) is 2.92. The Labute approximate surface area is 83.7 Å². The van der Waals surface area contributed by atoms with Gasteiger partial charge in [-0.25, -0.2) is 14.3 Å². The Balaban J connectivity index is 2.80. The molecule has 2 heterocycles. The van der Waals surface area contributed by atoms with E-state index in [1.165, 1.54) is 18.0 Å². The van der Waals surface area contributed by atoms with Crippen LogP contribution in [-0.2, 0) is 4.74 Å².